The zero-order valence-electron chi connectivity index (χ0n) is 15.3. The predicted octanol–water partition coefficient (Wildman–Crippen LogP) is 2.80. The smallest absolute Gasteiger partial charge is 0.252 e. The Hall–Kier alpha value is -2.94. The van der Waals surface area contributed by atoms with Gasteiger partial charge < -0.3 is 10.6 Å². The Morgan fingerprint density at radius 3 is 2.74 bits per heavy atom. The fourth-order valence-corrected chi connectivity index (χ4v) is 3.77. The lowest BCUT2D eigenvalue weighted by Crippen LogP contribution is -2.43. The number of para-hydroxylation sites is 1. The number of fused-ring (bicyclic) bond motifs is 1. The van der Waals surface area contributed by atoms with E-state index in [1.165, 1.54) is 6.42 Å². The number of nitrogens with one attached hydrogen (secondary N) is 2. The topological polar surface area (TPSA) is 94.9 Å². The highest BCUT2D eigenvalue weighted by atomic mass is 16.2. The number of rotatable bonds is 6. The number of carbonyl (C=O) groups is 2. The summed E-state index contributed by atoms with van der Waals surface area (Å²) in [5.74, 6) is -0.453. The van der Waals surface area contributed by atoms with Crippen LogP contribution in [0.1, 0.15) is 42.5 Å². The van der Waals surface area contributed by atoms with Crippen LogP contribution in [0.2, 0.25) is 0 Å². The van der Waals surface area contributed by atoms with Crippen molar-refractivity contribution in [3.63, 3.8) is 0 Å². The third-order valence-corrected chi connectivity index (χ3v) is 5.23. The van der Waals surface area contributed by atoms with Crippen LogP contribution in [0.25, 0.3) is 10.9 Å². The van der Waals surface area contributed by atoms with Crippen LogP contribution in [-0.4, -0.2) is 29.9 Å². The number of benzene rings is 1. The number of pyridine rings is 1. The van der Waals surface area contributed by atoms with E-state index in [-0.39, 0.29) is 36.7 Å². The molecule has 1 atom stereocenters. The molecule has 0 bridgehead atoms. The van der Waals surface area contributed by atoms with E-state index in [0.717, 1.165) is 36.6 Å². The van der Waals surface area contributed by atoms with Crippen molar-refractivity contribution in [2.75, 3.05) is 13.1 Å². The minimum Gasteiger partial charge on any atom is -0.351 e. The summed E-state index contributed by atoms with van der Waals surface area (Å²) >= 11 is 0. The van der Waals surface area contributed by atoms with E-state index in [1.54, 1.807) is 6.20 Å². The van der Waals surface area contributed by atoms with E-state index in [1.807, 2.05) is 36.4 Å². The number of nitrogens with zero attached hydrogens (tertiary/aromatic N) is 2. The lowest BCUT2D eigenvalue weighted by molar-refractivity contribution is -0.126. The molecule has 3 rings (SSSR count). The molecule has 1 aromatic carbocycles. The van der Waals surface area contributed by atoms with Gasteiger partial charge in [0.05, 0.1) is 23.1 Å². The maximum atomic E-state index is 12.6. The molecule has 0 aliphatic heterocycles. The average Bonchev–Trinajstić information content (AvgIpc) is 2.72. The van der Waals surface area contributed by atoms with Gasteiger partial charge in [0.15, 0.2) is 0 Å². The Labute approximate surface area is 159 Å². The number of hydrogen-bond donors (Lipinski definition) is 2. The fourth-order valence-electron chi connectivity index (χ4n) is 3.77. The highest BCUT2D eigenvalue weighted by molar-refractivity contribution is 5.97. The van der Waals surface area contributed by atoms with Crippen molar-refractivity contribution in [1.29, 1.82) is 5.26 Å². The molecule has 0 radical (unpaired) electrons. The maximum absolute atomic E-state index is 12.6. The molecule has 2 amide bonds. The van der Waals surface area contributed by atoms with Gasteiger partial charge in [-0.25, -0.2) is 0 Å². The van der Waals surface area contributed by atoms with Gasteiger partial charge in [0.2, 0.25) is 5.91 Å². The zero-order valence-corrected chi connectivity index (χ0v) is 15.3. The van der Waals surface area contributed by atoms with Crippen molar-refractivity contribution in [3.8, 4) is 6.07 Å². The SMILES string of the molecule is N#CCNC(=O)C(CNC(=O)c1cnc2ccccc2c1)C1CCCCC1. The minimum atomic E-state index is -0.309. The van der Waals surface area contributed by atoms with Crippen molar-refractivity contribution in [2.24, 2.45) is 11.8 Å². The molecule has 1 aliphatic carbocycles. The molecule has 6 heteroatoms. The van der Waals surface area contributed by atoms with Gasteiger partial charge in [-0.1, -0.05) is 37.5 Å². The summed E-state index contributed by atoms with van der Waals surface area (Å²) in [6, 6.07) is 11.4. The van der Waals surface area contributed by atoms with Crippen LogP contribution in [0.4, 0.5) is 0 Å². The Bertz CT molecular complexity index is 853. The first-order valence-corrected chi connectivity index (χ1v) is 9.46. The van der Waals surface area contributed by atoms with Crippen LogP contribution in [0.5, 0.6) is 0 Å². The molecule has 2 N–H and O–H groups in total. The molecule has 140 valence electrons. The average molecular weight is 364 g/mol. The highest BCUT2D eigenvalue weighted by Gasteiger charge is 2.29. The first-order valence-electron chi connectivity index (χ1n) is 9.46. The molecule has 6 nitrogen and oxygen atoms in total. The maximum Gasteiger partial charge on any atom is 0.252 e. The number of aromatic nitrogens is 1. The van der Waals surface area contributed by atoms with E-state index in [4.69, 9.17) is 5.26 Å². The molecule has 1 fully saturated rings. The molecule has 1 heterocycles. The van der Waals surface area contributed by atoms with Crippen molar-refractivity contribution >= 4 is 22.7 Å². The van der Waals surface area contributed by atoms with Crippen molar-refractivity contribution in [1.82, 2.24) is 15.6 Å². The van der Waals surface area contributed by atoms with Crippen LogP contribution >= 0.6 is 0 Å². The summed E-state index contributed by atoms with van der Waals surface area (Å²) in [7, 11) is 0. The lowest BCUT2D eigenvalue weighted by atomic mass is 9.79. The molecule has 1 unspecified atom stereocenters. The molecule has 1 aliphatic rings. The summed E-state index contributed by atoms with van der Waals surface area (Å²) < 4.78 is 0. The van der Waals surface area contributed by atoms with Gasteiger partial charge in [-0.2, -0.15) is 5.26 Å². The molecular formula is C21H24N4O2. The first-order chi connectivity index (χ1) is 13.2. The van der Waals surface area contributed by atoms with Crippen molar-refractivity contribution in [2.45, 2.75) is 32.1 Å². The third kappa shape index (κ3) is 4.82. The minimum absolute atomic E-state index is 0.00933. The Balaban J connectivity index is 1.68. The Morgan fingerprint density at radius 2 is 1.96 bits per heavy atom. The third-order valence-electron chi connectivity index (χ3n) is 5.23. The molecule has 0 spiro atoms. The zero-order chi connectivity index (χ0) is 19.1. The molecule has 0 saturated heterocycles. The molecule has 27 heavy (non-hydrogen) atoms. The predicted molar refractivity (Wildman–Crippen MR) is 103 cm³/mol. The molecule has 1 aromatic heterocycles. The summed E-state index contributed by atoms with van der Waals surface area (Å²) in [5, 5.41) is 15.2. The van der Waals surface area contributed by atoms with Gasteiger partial charge in [-0.05, 0) is 30.9 Å². The van der Waals surface area contributed by atoms with Gasteiger partial charge in [0.25, 0.3) is 5.91 Å². The molecular weight excluding hydrogens is 340 g/mol. The van der Waals surface area contributed by atoms with Crippen LogP contribution in [0, 0.1) is 23.2 Å². The number of nitriles is 1. The van der Waals surface area contributed by atoms with E-state index >= 15 is 0 Å². The van der Waals surface area contributed by atoms with Crippen molar-refractivity contribution < 1.29 is 9.59 Å². The quantitative estimate of drug-likeness (QED) is 0.771. The Morgan fingerprint density at radius 1 is 1.19 bits per heavy atom. The number of carbonyl (C=O) groups excluding carboxylic acids is 2. The monoisotopic (exact) mass is 364 g/mol. The second kappa shape index (κ2) is 9.13. The summed E-state index contributed by atoms with van der Waals surface area (Å²) in [4.78, 5) is 29.4. The van der Waals surface area contributed by atoms with Crippen molar-refractivity contribution in [3.05, 3.63) is 42.1 Å². The highest BCUT2D eigenvalue weighted by Crippen LogP contribution is 2.30. The Kier molecular flexibility index (Phi) is 6.37. The van der Waals surface area contributed by atoms with Crippen LogP contribution in [0.15, 0.2) is 36.5 Å². The second-order valence-electron chi connectivity index (χ2n) is 7.01. The summed E-state index contributed by atoms with van der Waals surface area (Å²) in [6.45, 7) is 0.262. The fraction of sp³-hybridized carbons (Fsp3) is 0.429. The van der Waals surface area contributed by atoms with Crippen LogP contribution in [0.3, 0.4) is 0 Å². The number of amides is 2. The molecule has 2 aromatic rings. The molecule has 1 saturated carbocycles. The van der Waals surface area contributed by atoms with E-state index in [2.05, 4.69) is 15.6 Å². The second-order valence-corrected chi connectivity index (χ2v) is 7.01. The van der Waals surface area contributed by atoms with Gasteiger partial charge in [-0.15, -0.1) is 0 Å². The van der Waals surface area contributed by atoms with Gasteiger partial charge in [0, 0.05) is 18.1 Å². The van der Waals surface area contributed by atoms with Crippen LogP contribution in [-0.2, 0) is 4.79 Å². The van der Waals surface area contributed by atoms with E-state index in [9.17, 15) is 9.59 Å². The lowest BCUT2D eigenvalue weighted by Gasteiger charge is -2.29. The van der Waals surface area contributed by atoms with Gasteiger partial charge in [0.1, 0.15) is 6.54 Å². The van der Waals surface area contributed by atoms with E-state index < -0.39 is 0 Å². The first kappa shape index (κ1) is 18.8. The van der Waals surface area contributed by atoms with Gasteiger partial charge >= 0.3 is 0 Å². The summed E-state index contributed by atoms with van der Waals surface area (Å²) in [6.07, 6.45) is 6.93. The van der Waals surface area contributed by atoms with Gasteiger partial charge in [-0.3, -0.25) is 14.6 Å². The normalized spacial score (nSPS) is 15.7. The standard InChI is InChI=1S/C21H24N4O2/c22-10-11-23-21(27)18(15-6-2-1-3-7-15)14-25-20(26)17-12-16-8-4-5-9-19(16)24-13-17/h4-5,8-9,12-13,15,18H,1-3,6-7,11,14H2,(H,23,27)(H,25,26). The van der Waals surface area contributed by atoms with E-state index in [0.29, 0.717) is 5.56 Å². The number of hydrogen-bond acceptors (Lipinski definition) is 4. The summed E-state index contributed by atoms with van der Waals surface area (Å²) in [5.41, 5.74) is 1.32. The largest absolute Gasteiger partial charge is 0.351 e. The van der Waals surface area contributed by atoms with Crippen LogP contribution < -0.4 is 10.6 Å².